The van der Waals surface area contributed by atoms with E-state index in [2.05, 4.69) is 34.9 Å². The lowest BCUT2D eigenvalue weighted by atomic mass is 9.83. The van der Waals surface area contributed by atoms with E-state index in [1.165, 1.54) is 0 Å². The van der Waals surface area contributed by atoms with Crippen LogP contribution in [0.1, 0.15) is 50.7 Å². The molecule has 0 radical (unpaired) electrons. The van der Waals surface area contributed by atoms with E-state index in [-0.39, 0.29) is 44.5 Å². The number of carbonyl (C=O) groups is 3. The number of rotatable bonds is 8. The molecule has 1 aliphatic heterocycles. The molecule has 0 spiro atoms. The van der Waals surface area contributed by atoms with E-state index in [1.807, 2.05) is 24.3 Å². The zero-order valence-electron chi connectivity index (χ0n) is 20.3. The van der Waals surface area contributed by atoms with Crippen molar-refractivity contribution >= 4 is 18.0 Å². The number of benzene rings is 2. The fourth-order valence-electron chi connectivity index (χ4n) is 4.81. The van der Waals surface area contributed by atoms with Gasteiger partial charge in [-0.2, -0.15) is 0 Å². The molecule has 2 aromatic rings. The summed E-state index contributed by atoms with van der Waals surface area (Å²) in [6.07, 6.45) is -0.372. The summed E-state index contributed by atoms with van der Waals surface area (Å²) in [4.78, 5) is 36.8. The highest BCUT2D eigenvalue weighted by Gasteiger charge is 2.48. The van der Waals surface area contributed by atoms with Crippen LogP contribution in [-0.4, -0.2) is 54.5 Å². The van der Waals surface area contributed by atoms with E-state index in [9.17, 15) is 14.4 Å². The van der Waals surface area contributed by atoms with Crippen molar-refractivity contribution in [1.82, 2.24) is 10.6 Å². The molecule has 1 heterocycles. The van der Waals surface area contributed by atoms with Crippen molar-refractivity contribution in [3.8, 4) is 11.1 Å². The third-order valence-corrected chi connectivity index (χ3v) is 7.03. The van der Waals surface area contributed by atoms with Crippen LogP contribution in [0.25, 0.3) is 11.1 Å². The van der Waals surface area contributed by atoms with Gasteiger partial charge in [0.2, 0.25) is 5.91 Å². The van der Waals surface area contributed by atoms with Crippen molar-refractivity contribution in [1.29, 1.82) is 0 Å². The highest BCUT2D eigenvalue weighted by Crippen LogP contribution is 2.44. The van der Waals surface area contributed by atoms with Crippen LogP contribution < -0.4 is 10.6 Å². The number of carboxylic acids is 1. The van der Waals surface area contributed by atoms with Crippen LogP contribution in [-0.2, 0) is 19.1 Å². The van der Waals surface area contributed by atoms with E-state index in [4.69, 9.17) is 14.6 Å². The molecule has 35 heavy (non-hydrogen) atoms. The lowest BCUT2D eigenvalue weighted by Gasteiger charge is -2.34. The van der Waals surface area contributed by atoms with Gasteiger partial charge >= 0.3 is 12.1 Å². The zero-order valence-corrected chi connectivity index (χ0v) is 20.3. The minimum absolute atomic E-state index is 0.0536. The molecular formula is C27H32N2O6. The summed E-state index contributed by atoms with van der Waals surface area (Å²) in [6, 6.07) is 15.7. The van der Waals surface area contributed by atoms with E-state index in [1.54, 1.807) is 20.8 Å². The molecule has 2 aromatic carbocycles. The molecule has 2 unspecified atom stereocenters. The summed E-state index contributed by atoms with van der Waals surface area (Å²) in [5, 5.41) is 14.7. The van der Waals surface area contributed by atoms with Gasteiger partial charge < -0.3 is 25.2 Å². The van der Waals surface area contributed by atoms with Gasteiger partial charge in [0.1, 0.15) is 6.61 Å². The Bertz CT molecular complexity index is 1080. The van der Waals surface area contributed by atoms with Crippen LogP contribution in [0.5, 0.6) is 0 Å². The summed E-state index contributed by atoms with van der Waals surface area (Å²) < 4.78 is 11.2. The standard InChI is InChI=1S/C27H32N2O6/c1-26(2,13-12-23(30)31)29-24(32)27(3)16-34-15-22(27)28-25(33)35-14-21-19-10-6-4-8-17(19)18-9-5-7-11-20(18)21/h4-11,21-22H,12-16H2,1-3H3,(H,28,33)(H,29,32)(H,30,31). The normalized spacial score (nSPS) is 21.2. The van der Waals surface area contributed by atoms with Gasteiger partial charge in [0, 0.05) is 17.9 Å². The summed E-state index contributed by atoms with van der Waals surface area (Å²) in [7, 11) is 0. The predicted octanol–water partition coefficient (Wildman–Crippen LogP) is 3.69. The molecule has 2 amide bonds. The highest BCUT2D eigenvalue weighted by molar-refractivity contribution is 5.85. The molecule has 1 saturated heterocycles. The van der Waals surface area contributed by atoms with Gasteiger partial charge in [-0.1, -0.05) is 48.5 Å². The third-order valence-electron chi connectivity index (χ3n) is 7.03. The highest BCUT2D eigenvalue weighted by atomic mass is 16.5. The average molecular weight is 481 g/mol. The molecule has 0 bridgehead atoms. The second-order valence-electron chi connectivity index (χ2n) is 10.2. The Balaban J connectivity index is 1.38. The molecule has 0 aromatic heterocycles. The number of hydrogen-bond donors (Lipinski definition) is 3. The second-order valence-corrected chi connectivity index (χ2v) is 10.2. The number of carboxylic acid groups (broad SMARTS) is 1. The zero-order chi connectivity index (χ0) is 25.2. The SMILES string of the molecule is CC(C)(CCC(=O)O)NC(=O)C1(C)COCC1NC(=O)OCC1c2ccccc2-c2ccccc21. The maximum absolute atomic E-state index is 13.1. The van der Waals surface area contributed by atoms with Crippen LogP contribution in [0.3, 0.4) is 0 Å². The monoisotopic (exact) mass is 480 g/mol. The third kappa shape index (κ3) is 5.17. The molecule has 8 heteroatoms. The average Bonchev–Trinajstić information content (AvgIpc) is 3.35. The predicted molar refractivity (Wildman–Crippen MR) is 130 cm³/mol. The molecule has 2 aliphatic rings. The van der Waals surface area contributed by atoms with Crippen molar-refractivity contribution in [2.45, 2.75) is 51.1 Å². The number of nitrogens with one attached hydrogen (secondary N) is 2. The molecule has 186 valence electrons. The molecule has 1 fully saturated rings. The van der Waals surface area contributed by atoms with Crippen LogP contribution >= 0.6 is 0 Å². The lowest BCUT2D eigenvalue weighted by molar-refractivity contribution is -0.138. The van der Waals surface area contributed by atoms with Gasteiger partial charge in [0.15, 0.2) is 0 Å². The first-order valence-electron chi connectivity index (χ1n) is 11.8. The van der Waals surface area contributed by atoms with Crippen LogP contribution in [0.2, 0.25) is 0 Å². The number of aliphatic carboxylic acids is 1. The van der Waals surface area contributed by atoms with Gasteiger partial charge in [0.05, 0.1) is 24.7 Å². The van der Waals surface area contributed by atoms with Crippen molar-refractivity contribution in [2.24, 2.45) is 5.41 Å². The Morgan fingerprint density at radius 1 is 1.09 bits per heavy atom. The first kappa shape index (κ1) is 24.7. The van der Waals surface area contributed by atoms with Crippen molar-refractivity contribution in [2.75, 3.05) is 19.8 Å². The maximum Gasteiger partial charge on any atom is 0.407 e. The molecule has 4 rings (SSSR count). The van der Waals surface area contributed by atoms with Crippen molar-refractivity contribution in [3.05, 3.63) is 59.7 Å². The Hall–Kier alpha value is -3.39. The van der Waals surface area contributed by atoms with Gasteiger partial charge in [-0.05, 0) is 49.4 Å². The van der Waals surface area contributed by atoms with Crippen LogP contribution in [0.15, 0.2) is 48.5 Å². The quantitative estimate of drug-likeness (QED) is 0.531. The number of amides is 2. The minimum Gasteiger partial charge on any atom is -0.481 e. The van der Waals surface area contributed by atoms with Gasteiger partial charge in [-0.15, -0.1) is 0 Å². The summed E-state index contributed by atoms with van der Waals surface area (Å²) in [5.74, 6) is -1.27. The minimum atomic E-state index is -1.01. The molecular weight excluding hydrogens is 448 g/mol. The lowest BCUT2D eigenvalue weighted by Crippen LogP contribution is -2.57. The molecule has 2 atom stereocenters. The van der Waals surface area contributed by atoms with Gasteiger partial charge in [-0.25, -0.2) is 4.79 Å². The van der Waals surface area contributed by atoms with Crippen molar-refractivity contribution in [3.63, 3.8) is 0 Å². The Morgan fingerprint density at radius 2 is 1.69 bits per heavy atom. The van der Waals surface area contributed by atoms with Crippen LogP contribution in [0.4, 0.5) is 4.79 Å². The van der Waals surface area contributed by atoms with E-state index in [0.717, 1.165) is 22.3 Å². The molecule has 3 N–H and O–H groups in total. The number of fused-ring (bicyclic) bond motifs is 3. The Labute approximate surface area is 205 Å². The summed E-state index contributed by atoms with van der Waals surface area (Å²) in [5.41, 5.74) is 2.82. The number of hydrogen-bond acceptors (Lipinski definition) is 5. The van der Waals surface area contributed by atoms with E-state index in [0.29, 0.717) is 0 Å². The smallest absolute Gasteiger partial charge is 0.407 e. The fourth-order valence-corrected chi connectivity index (χ4v) is 4.81. The molecule has 0 saturated carbocycles. The van der Waals surface area contributed by atoms with Crippen LogP contribution in [0, 0.1) is 5.41 Å². The summed E-state index contributed by atoms with van der Waals surface area (Å²) in [6.45, 7) is 5.80. The van der Waals surface area contributed by atoms with E-state index < -0.39 is 29.1 Å². The largest absolute Gasteiger partial charge is 0.481 e. The van der Waals surface area contributed by atoms with Gasteiger partial charge in [-0.3, -0.25) is 9.59 Å². The fraction of sp³-hybridized carbons (Fsp3) is 0.444. The molecule has 8 nitrogen and oxygen atoms in total. The first-order valence-corrected chi connectivity index (χ1v) is 11.8. The Morgan fingerprint density at radius 3 is 2.29 bits per heavy atom. The number of alkyl carbamates (subject to hydrolysis) is 1. The van der Waals surface area contributed by atoms with Gasteiger partial charge in [0.25, 0.3) is 0 Å². The summed E-state index contributed by atoms with van der Waals surface area (Å²) >= 11 is 0. The number of ether oxygens (including phenoxy) is 2. The number of carbonyl (C=O) groups excluding carboxylic acids is 2. The van der Waals surface area contributed by atoms with Crippen molar-refractivity contribution < 1.29 is 29.0 Å². The maximum atomic E-state index is 13.1. The topological polar surface area (TPSA) is 114 Å². The first-order chi connectivity index (χ1) is 16.6. The van der Waals surface area contributed by atoms with E-state index >= 15 is 0 Å². The Kier molecular flexibility index (Phi) is 6.85. The second kappa shape index (κ2) is 9.70. The molecule has 1 aliphatic carbocycles.